The Morgan fingerprint density at radius 3 is 2.27 bits per heavy atom. The average molecular weight is 362 g/mol. The molecule has 1 fully saturated rings. The molecule has 0 saturated carbocycles. The number of ether oxygens (including phenoxy) is 1. The quantitative estimate of drug-likeness (QED) is 0.792. The molecule has 0 unspecified atom stereocenters. The fraction of sp³-hybridized carbons (Fsp3) is 0.579. The number of likely N-dealkylation sites (N-methyl/N-ethyl adjacent to an activating group) is 1. The van der Waals surface area contributed by atoms with Crippen molar-refractivity contribution in [1.29, 1.82) is 0 Å². The van der Waals surface area contributed by atoms with Gasteiger partial charge in [0, 0.05) is 38.3 Å². The van der Waals surface area contributed by atoms with Crippen LogP contribution in [0.1, 0.15) is 26.3 Å². The van der Waals surface area contributed by atoms with Gasteiger partial charge < -0.3 is 25.6 Å². The third kappa shape index (κ3) is 6.22. The molecular formula is C19H30N4O3. The number of benzene rings is 1. The first-order valence-electron chi connectivity index (χ1n) is 8.95. The van der Waals surface area contributed by atoms with E-state index in [-0.39, 0.29) is 5.91 Å². The number of carbonyl (C=O) groups is 2. The Labute approximate surface area is 155 Å². The van der Waals surface area contributed by atoms with E-state index in [2.05, 4.69) is 10.2 Å². The molecule has 1 heterocycles. The smallest absolute Gasteiger partial charge is 0.408 e. The molecule has 0 aromatic heterocycles. The third-order valence-corrected chi connectivity index (χ3v) is 4.22. The Kier molecular flexibility index (Phi) is 6.47. The summed E-state index contributed by atoms with van der Waals surface area (Å²) in [6.07, 6.45) is -0.189. The maximum absolute atomic E-state index is 13.0. The van der Waals surface area contributed by atoms with E-state index >= 15 is 0 Å². The molecule has 2 rings (SSSR count). The van der Waals surface area contributed by atoms with Crippen molar-refractivity contribution in [2.75, 3.05) is 39.0 Å². The van der Waals surface area contributed by atoms with Crippen LogP contribution in [0.25, 0.3) is 0 Å². The highest BCUT2D eigenvalue weighted by molar-refractivity contribution is 5.86. The van der Waals surface area contributed by atoms with Gasteiger partial charge in [-0.2, -0.15) is 0 Å². The van der Waals surface area contributed by atoms with Crippen molar-refractivity contribution < 1.29 is 14.3 Å². The monoisotopic (exact) mass is 362 g/mol. The van der Waals surface area contributed by atoms with Crippen LogP contribution in [0.3, 0.4) is 0 Å². The summed E-state index contributed by atoms with van der Waals surface area (Å²) in [4.78, 5) is 29.2. The number of nitrogens with two attached hydrogens (primary N) is 1. The molecule has 0 radical (unpaired) electrons. The molecule has 1 atom stereocenters. The van der Waals surface area contributed by atoms with Crippen molar-refractivity contribution in [1.82, 2.24) is 15.1 Å². The van der Waals surface area contributed by atoms with Crippen molar-refractivity contribution >= 4 is 17.7 Å². The van der Waals surface area contributed by atoms with Gasteiger partial charge in [-0.05, 0) is 45.5 Å². The lowest BCUT2D eigenvalue weighted by Gasteiger charge is -2.35. The van der Waals surface area contributed by atoms with Gasteiger partial charge in [0.1, 0.15) is 11.6 Å². The highest BCUT2D eigenvalue weighted by Gasteiger charge is 2.29. The van der Waals surface area contributed by atoms with Gasteiger partial charge in [-0.3, -0.25) is 4.79 Å². The molecule has 26 heavy (non-hydrogen) atoms. The molecule has 0 aliphatic carbocycles. The summed E-state index contributed by atoms with van der Waals surface area (Å²) in [5.74, 6) is -0.0826. The SMILES string of the molecule is CN1CCN(C(=O)[C@@H](Cc2ccc(N)cc2)NC(=O)OC(C)(C)C)CC1. The molecule has 144 valence electrons. The van der Waals surface area contributed by atoms with E-state index in [9.17, 15) is 9.59 Å². The summed E-state index contributed by atoms with van der Waals surface area (Å²) in [5.41, 5.74) is 6.71. The van der Waals surface area contributed by atoms with Crippen LogP contribution in [0.2, 0.25) is 0 Å². The molecule has 1 aromatic carbocycles. The fourth-order valence-corrected chi connectivity index (χ4v) is 2.79. The largest absolute Gasteiger partial charge is 0.444 e. The highest BCUT2D eigenvalue weighted by Crippen LogP contribution is 2.12. The average Bonchev–Trinajstić information content (AvgIpc) is 2.54. The van der Waals surface area contributed by atoms with Gasteiger partial charge in [0.15, 0.2) is 0 Å². The van der Waals surface area contributed by atoms with E-state index < -0.39 is 17.7 Å². The Balaban J connectivity index is 2.10. The van der Waals surface area contributed by atoms with Crippen LogP contribution in [0.4, 0.5) is 10.5 Å². The first-order valence-corrected chi connectivity index (χ1v) is 8.95. The van der Waals surface area contributed by atoms with Gasteiger partial charge in [-0.25, -0.2) is 4.79 Å². The van der Waals surface area contributed by atoms with Gasteiger partial charge in [0.05, 0.1) is 0 Å². The third-order valence-electron chi connectivity index (χ3n) is 4.22. The Morgan fingerprint density at radius 2 is 1.73 bits per heavy atom. The Morgan fingerprint density at radius 1 is 1.15 bits per heavy atom. The van der Waals surface area contributed by atoms with E-state index in [1.54, 1.807) is 37.8 Å². The number of nitrogen functional groups attached to an aromatic ring is 1. The number of piperazine rings is 1. The van der Waals surface area contributed by atoms with Crippen LogP contribution in [-0.2, 0) is 16.0 Å². The molecule has 3 N–H and O–H groups in total. The van der Waals surface area contributed by atoms with Crippen molar-refractivity contribution in [3.05, 3.63) is 29.8 Å². The molecule has 7 heteroatoms. The normalized spacial score (nSPS) is 16.8. The number of hydrogen-bond acceptors (Lipinski definition) is 5. The molecule has 1 saturated heterocycles. The second-order valence-electron chi connectivity index (χ2n) is 7.77. The van der Waals surface area contributed by atoms with E-state index in [1.807, 2.05) is 19.2 Å². The van der Waals surface area contributed by atoms with Crippen LogP contribution >= 0.6 is 0 Å². The molecular weight excluding hydrogens is 332 g/mol. The lowest BCUT2D eigenvalue weighted by molar-refractivity contribution is -0.135. The number of carbonyl (C=O) groups excluding carboxylic acids is 2. The van der Waals surface area contributed by atoms with Crippen molar-refractivity contribution in [2.24, 2.45) is 0 Å². The summed E-state index contributed by atoms with van der Waals surface area (Å²) in [5, 5.41) is 2.75. The first kappa shape index (κ1) is 20.0. The lowest BCUT2D eigenvalue weighted by atomic mass is 10.0. The number of hydrogen-bond donors (Lipinski definition) is 2. The second kappa shape index (κ2) is 8.40. The standard InChI is InChI=1S/C19H30N4O3/c1-19(2,3)26-18(25)21-16(13-14-5-7-15(20)8-6-14)17(24)23-11-9-22(4)10-12-23/h5-8,16H,9-13,20H2,1-4H3,(H,21,25)/t16-/m1/s1. The maximum Gasteiger partial charge on any atom is 0.408 e. The van der Waals surface area contributed by atoms with Crippen LogP contribution in [0.15, 0.2) is 24.3 Å². The molecule has 0 spiro atoms. The van der Waals surface area contributed by atoms with E-state index in [0.717, 1.165) is 18.7 Å². The molecule has 1 aromatic rings. The molecule has 1 aliphatic rings. The summed E-state index contributed by atoms with van der Waals surface area (Å²) in [6.45, 7) is 8.35. The second-order valence-corrected chi connectivity index (χ2v) is 7.77. The zero-order valence-corrected chi connectivity index (χ0v) is 16.1. The van der Waals surface area contributed by atoms with Gasteiger partial charge in [-0.1, -0.05) is 12.1 Å². The highest BCUT2D eigenvalue weighted by atomic mass is 16.6. The number of rotatable bonds is 4. The van der Waals surface area contributed by atoms with Gasteiger partial charge in [0.25, 0.3) is 0 Å². The minimum Gasteiger partial charge on any atom is -0.444 e. The van der Waals surface area contributed by atoms with Crippen LogP contribution in [0.5, 0.6) is 0 Å². The summed E-state index contributed by atoms with van der Waals surface area (Å²) in [7, 11) is 2.03. The van der Waals surface area contributed by atoms with Crippen molar-refractivity contribution in [3.63, 3.8) is 0 Å². The number of anilines is 1. The van der Waals surface area contributed by atoms with E-state index in [4.69, 9.17) is 10.5 Å². The van der Waals surface area contributed by atoms with E-state index in [0.29, 0.717) is 25.2 Å². The van der Waals surface area contributed by atoms with Crippen LogP contribution in [0, 0.1) is 0 Å². The number of nitrogens with one attached hydrogen (secondary N) is 1. The van der Waals surface area contributed by atoms with Crippen molar-refractivity contribution in [3.8, 4) is 0 Å². The number of nitrogens with zero attached hydrogens (tertiary/aromatic N) is 2. The lowest BCUT2D eigenvalue weighted by Crippen LogP contribution is -2.55. The van der Waals surface area contributed by atoms with Gasteiger partial charge >= 0.3 is 6.09 Å². The summed E-state index contributed by atoms with van der Waals surface area (Å²) >= 11 is 0. The van der Waals surface area contributed by atoms with Gasteiger partial charge in [-0.15, -0.1) is 0 Å². The van der Waals surface area contributed by atoms with E-state index in [1.165, 1.54) is 0 Å². The molecule has 0 bridgehead atoms. The predicted molar refractivity (Wildman–Crippen MR) is 102 cm³/mol. The Bertz CT molecular complexity index is 617. The number of alkyl carbamates (subject to hydrolysis) is 1. The molecule has 7 nitrogen and oxygen atoms in total. The summed E-state index contributed by atoms with van der Waals surface area (Å²) in [6, 6.07) is 6.66. The summed E-state index contributed by atoms with van der Waals surface area (Å²) < 4.78 is 5.33. The fourth-order valence-electron chi connectivity index (χ4n) is 2.79. The van der Waals surface area contributed by atoms with Crippen molar-refractivity contribution in [2.45, 2.75) is 38.8 Å². The zero-order valence-electron chi connectivity index (χ0n) is 16.1. The van der Waals surface area contributed by atoms with Crippen LogP contribution in [-0.4, -0.2) is 66.7 Å². The zero-order chi connectivity index (χ0) is 19.3. The Hall–Kier alpha value is -2.28. The molecule has 2 amide bonds. The topological polar surface area (TPSA) is 87.9 Å². The first-order chi connectivity index (χ1) is 12.1. The number of amides is 2. The predicted octanol–water partition coefficient (Wildman–Crippen LogP) is 1.48. The van der Waals surface area contributed by atoms with Crippen LogP contribution < -0.4 is 11.1 Å². The van der Waals surface area contributed by atoms with Gasteiger partial charge in [0.2, 0.25) is 5.91 Å². The minimum atomic E-state index is -0.670. The molecule has 1 aliphatic heterocycles. The maximum atomic E-state index is 13.0. The minimum absolute atomic E-state index is 0.0826.